The fourth-order valence-electron chi connectivity index (χ4n) is 2.75. The normalized spacial score (nSPS) is 13.4. The number of alkyl halides is 3. The third kappa shape index (κ3) is 7.18. The molecule has 0 saturated heterocycles. The zero-order valence-corrected chi connectivity index (χ0v) is 16.9. The Labute approximate surface area is 173 Å². The number of halogens is 3. The van der Waals surface area contributed by atoms with E-state index in [1.165, 1.54) is 12.1 Å². The molecule has 2 aromatic rings. The van der Waals surface area contributed by atoms with E-state index in [9.17, 15) is 23.1 Å². The van der Waals surface area contributed by atoms with E-state index in [1.54, 1.807) is 45.0 Å². The first kappa shape index (κ1) is 23.4. The van der Waals surface area contributed by atoms with Crippen LogP contribution in [-0.2, 0) is 33.6 Å². The average Bonchev–Trinajstić information content (AvgIpc) is 2.67. The van der Waals surface area contributed by atoms with Crippen molar-refractivity contribution in [3.63, 3.8) is 0 Å². The van der Waals surface area contributed by atoms with Crippen molar-refractivity contribution >= 4 is 11.7 Å². The number of carboxylic acid groups (broad SMARTS) is 1. The molecule has 0 aromatic heterocycles. The van der Waals surface area contributed by atoms with Crippen molar-refractivity contribution in [3.05, 3.63) is 70.8 Å². The standard InChI is InChI=1S/C22H24F3NO4/c1-14(2)30-20(21(27)28)12-16-6-4-8-18(10-16)15(3)26-29-13-17-7-5-9-19(11-17)22(23,24)25/h4-11,14,20H,12-13H2,1-3H3,(H,27,28). The molecular weight excluding hydrogens is 399 g/mol. The summed E-state index contributed by atoms with van der Waals surface area (Å²) < 4.78 is 43.7. The Bertz CT molecular complexity index is 894. The molecule has 8 heteroatoms. The summed E-state index contributed by atoms with van der Waals surface area (Å²) >= 11 is 0. The highest BCUT2D eigenvalue weighted by molar-refractivity contribution is 5.98. The number of rotatable bonds is 9. The van der Waals surface area contributed by atoms with Crippen LogP contribution in [-0.4, -0.2) is 29.0 Å². The molecule has 0 saturated carbocycles. The van der Waals surface area contributed by atoms with E-state index in [0.717, 1.165) is 17.7 Å². The van der Waals surface area contributed by atoms with Crippen molar-refractivity contribution in [1.82, 2.24) is 0 Å². The number of aliphatic carboxylic acids is 1. The summed E-state index contributed by atoms with van der Waals surface area (Å²) in [5.74, 6) is -1.04. The number of benzene rings is 2. The Morgan fingerprint density at radius 2 is 1.77 bits per heavy atom. The number of hydrogen-bond donors (Lipinski definition) is 1. The van der Waals surface area contributed by atoms with Crippen molar-refractivity contribution in [2.45, 2.75) is 52.2 Å². The van der Waals surface area contributed by atoms with Crippen LogP contribution in [0.4, 0.5) is 13.2 Å². The fraction of sp³-hybridized carbons (Fsp3) is 0.364. The average molecular weight is 423 g/mol. The molecule has 5 nitrogen and oxygen atoms in total. The maximum Gasteiger partial charge on any atom is 0.416 e. The number of ether oxygens (including phenoxy) is 1. The van der Waals surface area contributed by atoms with Gasteiger partial charge in [0.05, 0.1) is 17.4 Å². The largest absolute Gasteiger partial charge is 0.479 e. The first-order chi connectivity index (χ1) is 14.1. The highest BCUT2D eigenvalue weighted by Gasteiger charge is 2.30. The molecule has 0 aliphatic rings. The molecule has 0 amide bonds. The molecule has 1 atom stereocenters. The summed E-state index contributed by atoms with van der Waals surface area (Å²) in [7, 11) is 0. The minimum Gasteiger partial charge on any atom is -0.479 e. The molecule has 0 heterocycles. The second-order valence-corrected chi connectivity index (χ2v) is 7.06. The van der Waals surface area contributed by atoms with Crippen molar-refractivity contribution < 1.29 is 32.6 Å². The maximum absolute atomic E-state index is 12.8. The molecule has 0 spiro atoms. The van der Waals surface area contributed by atoms with Gasteiger partial charge >= 0.3 is 12.1 Å². The van der Waals surface area contributed by atoms with Crippen LogP contribution >= 0.6 is 0 Å². The van der Waals surface area contributed by atoms with Crippen molar-refractivity contribution in [2.24, 2.45) is 5.16 Å². The SMILES string of the molecule is CC(=NOCc1cccc(C(F)(F)F)c1)c1cccc(CC(OC(C)C)C(=O)O)c1. The molecule has 2 aromatic carbocycles. The number of carboxylic acids is 1. The predicted molar refractivity (Wildman–Crippen MR) is 106 cm³/mol. The summed E-state index contributed by atoms with van der Waals surface area (Å²) in [6.45, 7) is 5.13. The minimum atomic E-state index is -4.41. The number of hydrogen-bond acceptors (Lipinski definition) is 4. The maximum atomic E-state index is 12.8. The summed E-state index contributed by atoms with van der Waals surface area (Å²) in [4.78, 5) is 16.6. The van der Waals surface area contributed by atoms with Crippen LogP contribution in [0.25, 0.3) is 0 Å². The van der Waals surface area contributed by atoms with Gasteiger partial charge in [-0.1, -0.05) is 35.5 Å². The lowest BCUT2D eigenvalue weighted by Gasteiger charge is -2.16. The van der Waals surface area contributed by atoms with Gasteiger partial charge in [0.15, 0.2) is 6.10 Å². The zero-order chi connectivity index (χ0) is 22.3. The lowest BCUT2D eigenvalue weighted by molar-refractivity contribution is -0.153. The predicted octanol–water partition coefficient (Wildman–Crippen LogP) is 5.07. The lowest BCUT2D eigenvalue weighted by Crippen LogP contribution is -2.29. The second kappa shape index (κ2) is 10.2. The number of nitrogens with zero attached hydrogens (tertiary/aromatic N) is 1. The third-order valence-corrected chi connectivity index (χ3v) is 4.16. The van der Waals surface area contributed by atoms with Gasteiger partial charge in [-0.2, -0.15) is 13.2 Å². The van der Waals surface area contributed by atoms with Gasteiger partial charge in [-0.25, -0.2) is 4.79 Å². The Morgan fingerprint density at radius 1 is 1.10 bits per heavy atom. The van der Waals surface area contributed by atoms with E-state index in [-0.39, 0.29) is 19.1 Å². The first-order valence-corrected chi connectivity index (χ1v) is 9.36. The van der Waals surface area contributed by atoms with Gasteiger partial charge in [-0.15, -0.1) is 0 Å². The smallest absolute Gasteiger partial charge is 0.416 e. The van der Waals surface area contributed by atoms with Crippen LogP contribution in [0.15, 0.2) is 53.7 Å². The molecular formula is C22H24F3NO4. The number of carbonyl (C=O) groups is 1. The van der Waals surface area contributed by atoms with Gasteiger partial charge in [0, 0.05) is 6.42 Å². The molecule has 30 heavy (non-hydrogen) atoms. The molecule has 2 rings (SSSR count). The van der Waals surface area contributed by atoms with E-state index in [2.05, 4.69) is 5.16 Å². The van der Waals surface area contributed by atoms with Gasteiger partial charge in [0.25, 0.3) is 0 Å². The lowest BCUT2D eigenvalue weighted by atomic mass is 10.0. The Morgan fingerprint density at radius 3 is 2.40 bits per heavy atom. The summed E-state index contributed by atoms with van der Waals surface area (Å²) in [5.41, 5.74) is 1.59. The molecule has 1 N–H and O–H groups in total. The van der Waals surface area contributed by atoms with Gasteiger partial charge in [0.2, 0.25) is 0 Å². The summed E-state index contributed by atoms with van der Waals surface area (Å²) in [6, 6.07) is 12.0. The van der Waals surface area contributed by atoms with Gasteiger partial charge < -0.3 is 14.7 Å². The van der Waals surface area contributed by atoms with Crippen LogP contribution in [0.2, 0.25) is 0 Å². The van der Waals surface area contributed by atoms with Crippen molar-refractivity contribution in [3.8, 4) is 0 Å². The van der Waals surface area contributed by atoms with E-state index in [4.69, 9.17) is 9.57 Å². The van der Waals surface area contributed by atoms with Gasteiger partial charge in [-0.05, 0) is 55.7 Å². The Balaban J connectivity index is 2.05. The highest BCUT2D eigenvalue weighted by atomic mass is 19.4. The van der Waals surface area contributed by atoms with Crippen LogP contribution in [0.3, 0.4) is 0 Å². The van der Waals surface area contributed by atoms with Gasteiger partial charge in [0.1, 0.15) is 6.61 Å². The molecule has 0 radical (unpaired) electrons. The second-order valence-electron chi connectivity index (χ2n) is 7.06. The van der Waals surface area contributed by atoms with Crippen LogP contribution in [0, 0.1) is 0 Å². The first-order valence-electron chi connectivity index (χ1n) is 9.36. The highest BCUT2D eigenvalue weighted by Crippen LogP contribution is 2.29. The molecule has 0 aliphatic carbocycles. The molecule has 1 unspecified atom stereocenters. The molecule has 162 valence electrons. The Hall–Kier alpha value is -2.87. The Kier molecular flexibility index (Phi) is 8.00. The summed E-state index contributed by atoms with van der Waals surface area (Å²) in [6.07, 6.45) is -5.40. The van der Waals surface area contributed by atoms with Crippen LogP contribution < -0.4 is 0 Å². The third-order valence-electron chi connectivity index (χ3n) is 4.16. The molecule has 0 fully saturated rings. The van der Waals surface area contributed by atoms with E-state index >= 15 is 0 Å². The quantitative estimate of drug-likeness (QED) is 0.452. The van der Waals surface area contributed by atoms with Crippen molar-refractivity contribution in [1.29, 1.82) is 0 Å². The summed E-state index contributed by atoms with van der Waals surface area (Å²) in [5, 5.41) is 13.3. The van der Waals surface area contributed by atoms with Crippen molar-refractivity contribution in [2.75, 3.05) is 0 Å². The molecule has 0 aliphatic heterocycles. The monoisotopic (exact) mass is 423 g/mol. The van der Waals surface area contributed by atoms with Crippen LogP contribution in [0.1, 0.15) is 43.0 Å². The minimum absolute atomic E-state index is 0.107. The zero-order valence-electron chi connectivity index (χ0n) is 16.9. The van der Waals surface area contributed by atoms with E-state index < -0.39 is 23.8 Å². The topological polar surface area (TPSA) is 68.1 Å². The van der Waals surface area contributed by atoms with Gasteiger partial charge in [-0.3, -0.25) is 0 Å². The molecule has 0 bridgehead atoms. The van der Waals surface area contributed by atoms with E-state index in [1.807, 2.05) is 0 Å². The van der Waals surface area contributed by atoms with E-state index in [0.29, 0.717) is 16.8 Å². The van der Waals surface area contributed by atoms with Crippen LogP contribution in [0.5, 0.6) is 0 Å². The number of oxime groups is 1. The fourth-order valence-corrected chi connectivity index (χ4v) is 2.75.